The molecular formula is C24H29FN2O2. The van der Waals surface area contributed by atoms with Crippen LogP contribution in [0.2, 0.25) is 0 Å². The van der Waals surface area contributed by atoms with E-state index in [0.717, 1.165) is 32.6 Å². The molecule has 0 unspecified atom stereocenters. The van der Waals surface area contributed by atoms with Gasteiger partial charge in [-0.25, -0.2) is 4.39 Å². The number of fused-ring (bicyclic) bond motifs is 1. The summed E-state index contributed by atoms with van der Waals surface area (Å²) in [5, 5.41) is 21.5. The van der Waals surface area contributed by atoms with Gasteiger partial charge in [0.1, 0.15) is 5.82 Å². The molecule has 29 heavy (non-hydrogen) atoms. The summed E-state index contributed by atoms with van der Waals surface area (Å²) in [6.45, 7) is 5.39. The van der Waals surface area contributed by atoms with Crippen molar-refractivity contribution in [3.05, 3.63) is 71.2 Å². The van der Waals surface area contributed by atoms with Gasteiger partial charge in [0.15, 0.2) is 0 Å². The number of hydrogen-bond donors (Lipinski definition) is 2. The highest BCUT2D eigenvalue weighted by Crippen LogP contribution is 2.35. The third-order valence-electron chi connectivity index (χ3n) is 6.34. The van der Waals surface area contributed by atoms with Gasteiger partial charge in [-0.3, -0.25) is 4.90 Å². The molecule has 0 atom stereocenters. The summed E-state index contributed by atoms with van der Waals surface area (Å²) in [5.74, 6) is -0.328. The van der Waals surface area contributed by atoms with Gasteiger partial charge in [0, 0.05) is 54.9 Å². The lowest BCUT2D eigenvalue weighted by Crippen LogP contribution is -2.42. The zero-order valence-corrected chi connectivity index (χ0v) is 16.9. The molecule has 2 N–H and O–H groups in total. The van der Waals surface area contributed by atoms with Crippen molar-refractivity contribution in [1.29, 1.82) is 0 Å². The number of likely N-dealkylation sites (tertiary alicyclic amines) is 1. The zero-order chi connectivity index (χ0) is 20.4. The lowest BCUT2D eigenvalue weighted by atomic mass is 9.84. The second kappa shape index (κ2) is 8.27. The number of nitrogens with zero attached hydrogens (tertiary/aromatic N) is 2. The van der Waals surface area contributed by atoms with Crippen LogP contribution in [0.3, 0.4) is 0 Å². The van der Waals surface area contributed by atoms with Crippen LogP contribution in [0.1, 0.15) is 36.1 Å². The highest BCUT2D eigenvalue weighted by atomic mass is 19.1. The Labute approximate surface area is 171 Å². The van der Waals surface area contributed by atoms with Crippen molar-refractivity contribution in [1.82, 2.24) is 9.47 Å². The number of aliphatic hydroxyl groups excluding tert-OH is 1. The molecule has 2 aromatic carbocycles. The number of benzene rings is 2. The van der Waals surface area contributed by atoms with Gasteiger partial charge in [0.2, 0.25) is 0 Å². The molecule has 1 aromatic heterocycles. The van der Waals surface area contributed by atoms with Crippen LogP contribution in [0.25, 0.3) is 10.9 Å². The molecule has 154 valence electrons. The van der Waals surface area contributed by atoms with E-state index >= 15 is 0 Å². The third kappa shape index (κ3) is 3.82. The summed E-state index contributed by atoms with van der Waals surface area (Å²) in [5.41, 5.74) is 3.06. The minimum atomic E-state index is -1.09. The van der Waals surface area contributed by atoms with Crippen LogP contribution in [0, 0.1) is 12.7 Å². The number of aryl methyl sites for hydroxylation is 1. The molecule has 0 radical (unpaired) electrons. The average molecular weight is 397 g/mol. The van der Waals surface area contributed by atoms with Gasteiger partial charge in [-0.15, -0.1) is 0 Å². The van der Waals surface area contributed by atoms with Crippen LogP contribution in [0.15, 0.2) is 48.5 Å². The number of halogens is 1. The number of aliphatic hydroxyl groups is 2. The maximum atomic E-state index is 14.2. The SMILES string of the molecule is Cc1c(CN2CCC(O)(c3ccccc3F)CC2)c2ccccc2n1CCCO. The van der Waals surface area contributed by atoms with Crippen molar-refractivity contribution < 1.29 is 14.6 Å². The molecule has 0 aliphatic carbocycles. The molecule has 0 spiro atoms. The number of rotatable bonds is 6. The van der Waals surface area contributed by atoms with Crippen molar-refractivity contribution in [2.75, 3.05) is 19.7 Å². The molecule has 1 fully saturated rings. The fourth-order valence-corrected chi connectivity index (χ4v) is 4.63. The summed E-state index contributed by atoms with van der Waals surface area (Å²) in [7, 11) is 0. The first kappa shape index (κ1) is 20.1. The molecule has 0 amide bonds. The third-order valence-corrected chi connectivity index (χ3v) is 6.34. The molecule has 0 saturated carbocycles. The van der Waals surface area contributed by atoms with Gasteiger partial charge < -0.3 is 14.8 Å². The first-order valence-corrected chi connectivity index (χ1v) is 10.4. The topological polar surface area (TPSA) is 48.6 Å². The van der Waals surface area contributed by atoms with E-state index < -0.39 is 5.60 Å². The zero-order valence-electron chi connectivity index (χ0n) is 16.9. The van der Waals surface area contributed by atoms with Crippen molar-refractivity contribution in [2.45, 2.75) is 44.9 Å². The van der Waals surface area contributed by atoms with Crippen LogP contribution in [-0.2, 0) is 18.7 Å². The molecular weight excluding hydrogens is 367 g/mol. The van der Waals surface area contributed by atoms with E-state index in [0.29, 0.717) is 18.4 Å². The predicted octanol–water partition coefficient (Wildman–Crippen LogP) is 3.95. The van der Waals surface area contributed by atoms with Crippen molar-refractivity contribution in [2.24, 2.45) is 0 Å². The summed E-state index contributed by atoms with van der Waals surface area (Å²) in [6, 6.07) is 15.0. The Morgan fingerprint density at radius 3 is 2.45 bits per heavy atom. The molecule has 2 heterocycles. The van der Waals surface area contributed by atoms with Gasteiger partial charge in [-0.1, -0.05) is 36.4 Å². The molecule has 3 aromatic rings. The van der Waals surface area contributed by atoms with Crippen molar-refractivity contribution in [3.8, 4) is 0 Å². The van der Waals surface area contributed by atoms with E-state index in [9.17, 15) is 14.6 Å². The quantitative estimate of drug-likeness (QED) is 0.663. The maximum Gasteiger partial charge on any atom is 0.129 e. The summed E-state index contributed by atoms with van der Waals surface area (Å²) >= 11 is 0. The fraction of sp³-hybridized carbons (Fsp3) is 0.417. The van der Waals surface area contributed by atoms with Crippen LogP contribution >= 0.6 is 0 Å². The smallest absolute Gasteiger partial charge is 0.129 e. The van der Waals surface area contributed by atoms with Crippen LogP contribution in [0.4, 0.5) is 4.39 Å². The van der Waals surface area contributed by atoms with Gasteiger partial charge in [-0.05, 0) is 43.9 Å². The van der Waals surface area contributed by atoms with Crippen LogP contribution in [-0.4, -0.2) is 39.4 Å². The van der Waals surface area contributed by atoms with Gasteiger partial charge >= 0.3 is 0 Å². The largest absolute Gasteiger partial charge is 0.396 e. The first-order valence-electron chi connectivity index (χ1n) is 10.4. The number of para-hydroxylation sites is 1. The normalized spacial score (nSPS) is 17.1. The average Bonchev–Trinajstić information content (AvgIpc) is 2.99. The highest BCUT2D eigenvalue weighted by molar-refractivity contribution is 5.85. The molecule has 1 aliphatic rings. The summed E-state index contributed by atoms with van der Waals surface area (Å²) < 4.78 is 16.5. The van der Waals surface area contributed by atoms with E-state index in [1.54, 1.807) is 18.2 Å². The standard InChI is InChI=1S/C24H29FN2O2/c1-18-20(19-7-2-5-10-23(19)27(18)13-6-16-28)17-26-14-11-24(29,12-15-26)21-8-3-4-9-22(21)25/h2-5,7-10,28-29H,6,11-17H2,1H3. The van der Waals surface area contributed by atoms with Crippen LogP contribution in [0.5, 0.6) is 0 Å². The van der Waals surface area contributed by atoms with E-state index in [1.165, 1.54) is 28.2 Å². The minimum absolute atomic E-state index is 0.183. The Kier molecular flexibility index (Phi) is 5.72. The minimum Gasteiger partial charge on any atom is -0.396 e. The summed E-state index contributed by atoms with van der Waals surface area (Å²) in [4.78, 5) is 2.35. The van der Waals surface area contributed by atoms with Gasteiger partial charge in [0.25, 0.3) is 0 Å². The molecule has 4 rings (SSSR count). The fourth-order valence-electron chi connectivity index (χ4n) is 4.63. The molecule has 1 saturated heterocycles. The highest BCUT2D eigenvalue weighted by Gasteiger charge is 2.36. The molecule has 5 heteroatoms. The lowest BCUT2D eigenvalue weighted by molar-refractivity contribution is -0.0302. The summed E-state index contributed by atoms with van der Waals surface area (Å²) in [6.07, 6.45) is 1.78. The van der Waals surface area contributed by atoms with E-state index in [2.05, 4.69) is 40.7 Å². The van der Waals surface area contributed by atoms with Crippen molar-refractivity contribution in [3.63, 3.8) is 0 Å². The Hall–Kier alpha value is -2.21. The number of aromatic nitrogens is 1. The molecule has 0 bridgehead atoms. The van der Waals surface area contributed by atoms with E-state index in [1.807, 2.05) is 0 Å². The maximum absolute atomic E-state index is 14.2. The van der Waals surface area contributed by atoms with E-state index in [-0.39, 0.29) is 12.4 Å². The van der Waals surface area contributed by atoms with Gasteiger partial charge in [-0.2, -0.15) is 0 Å². The monoisotopic (exact) mass is 396 g/mol. The second-order valence-electron chi connectivity index (χ2n) is 8.10. The van der Waals surface area contributed by atoms with Crippen LogP contribution < -0.4 is 0 Å². The lowest BCUT2D eigenvalue weighted by Gasteiger charge is -2.38. The van der Waals surface area contributed by atoms with E-state index in [4.69, 9.17) is 0 Å². The Morgan fingerprint density at radius 1 is 1.03 bits per heavy atom. The Bertz CT molecular complexity index is 990. The number of piperidine rings is 1. The Morgan fingerprint density at radius 2 is 1.72 bits per heavy atom. The second-order valence-corrected chi connectivity index (χ2v) is 8.10. The Balaban J connectivity index is 1.53. The van der Waals surface area contributed by atoms with Crippen molar-refractivity contribution >= 4 is 10.9 Å². The first-order chi connectivity index (χ1) is 14.0. The number of hydrogen-bond acceptors (Lipinski definition) is 3. The predicted molar refractivity (Wildman–Crippen MR) is 113 cm³/mol. The van der Waals surface area contributed by atoms with Gasteiger partial charge in [0.05, 0.1) is 5.60 Å². The molecule has 4 nitrogen and oxygen atoms in total. The molecule has 1 aliphatic heterocycles.